The third kappa shape index (κ3) is 4.21. The van der Waals surface area contributed by atoms with Gasteiger partial charge < -0.3 is 9.80 Å². The van der Waals surface area contributed by atoms with Gasteiger partial charge in [-0.15, -0.1) is 0 Å². The van der Waals surface area contributed by atoms with Crippen LogP contribution in [0.4, 0.5) is 4.39 Å². The van der Waals surface area contributed by atoms with Crippen LogP contribution in [0.15, 0.2) is 48.5 Å². The molecule has 31 heavy (non-hydrogen) atoms. The van der Waals surface area contributed by atoms with E-state index in [2.05, 4.69) is 0 Å². The van der Waals surface area contributed by atoms with Crippen LogP contribution in [0.3, 0.4) is 0 Å². The third-order valence-electron chi connectivity index (χ3n) is 5.81. The molecule has 1 aromatic heterocycles. The molecule has 0 aliphatic carbocycles. The van der Waals surface area contributed by atoms with E-state index in [1.165, 1.54) is 24.6 Å². The van der Waals surface area contributed by atoms with Gasteiger partial charge in [-0.2, -0.15) is 5.10 Å². The van der Waals surface area contributed by atoms with Gasteiger partial charge in [0.25, 0.3) is 5.91 Å². The van der Waals surface area contributed by atoms with E-state index in [1.807, 2.05) is 32.0 Å². The van der Waals surface area contributed by atoms with Crippen LogP contribution in [0.5, 0.6) is 0 Å². The molecule has 0 bridgehead atoms. The summed E-state index contributed by atoms with van der Waals surface area (Å²) in [7, 11) is 0. The maximum atomic E-state index is 13.5. The first-order valence-corrected chi connectivity index (χ1v) is 10.3. The summed E-state index contributed by atoms with van der Waals surface area (Å²) in [5.41, 5.74) is 4.94. The first-order chi connectivity index (χ1) is 14.8. The normalized spacial score (nSPS) is 14.1. The van der Waals surface area contributed by atoms with Crippen molar-refractivity contribution in [3.05, 3.63) is 71.2 Å². The summed E-state index contributed by atoms with van der Waals surface area (Å²) in [6.45, 7) is 7.57. The van der Waals surface area contributed by atoms with Gasteiger partial charge >= 0.3 is 0 Å². The minimum atomic E-state index is -0.349. The number of carbonyl (C=O) groups is 2. The average molecular weight is 420 g/mol. The number of aromatic nitrogens is 2. The molecule has 6 nitrogen and oxygen atoms in total. The Labute approximate surface area is 180 Å². The minimum Gasteiger partial charge on any atom is -0.339 e. The number of halogens is 1. The Morgan fingerprint density at radius 1 is 0.871 bits per heavy atom. The molecule has 0 atom stereocenters. The molecule has 0 unspecified atom stereocenters. The largest absolute Gasteiger partial charge is 0.339 e. The van der Waals surface area contributed by atoms with Crippen molar-refractivity contribution in [1.29, 1.82) is 0 Å². The lowest BCUT2D eigenvalue weighted by Gasteiger charge is -2.34. The predicted octanol–water partition coefficient (Wildman–Crippen LogP) is 3.60. The molecule has 2 heterocycles. The summed E-state index contributed by atoms with van der Waals surface area (Å²) in [5.74, 6) is -0.492. The third-order valence-corrected chi connectivity index (χ3v) is 5.81. The van der Waals surface area contributed by atoms with Gasteiger partial charge in [0.05, 0.1) is 11.4 Å². The fourth-order valence-electron chi connectivity index (χ4n) is 3.74. The summed E-state index contributed by atoms with van der Waals surface area (Å²) in [5, 5.41) is 4.69. The van der Waals surface area contributed by atoms with E-state index in [-0.39, 0.29) is 17.6 Å². The van der Waals surface area contributed by atoms with E-state index >= 15 is 0 Å². The Hall–Kier alpha value is -3.48. The van der Waals surface area contributed by atoms with Crippen molar-refractivity contribution < 1.29 is 14.0 Å². The molecule has 1 aliphatic rings. The van der Waals surface area contributed by atoms with Gasteiger partial charge in [-0.1, -0.05) is 12.1 Å². The topological polar surface area (TPSA) is 58.4 Å². The lowest BCUT2D eigenvalue weighted by molar-refractivity contribution is -0.130. The molecule has 2 amide bonds. The van der Waals surface area contributed by atoms with Gasteiger partial charge in [-0.3, -0.25) is 9.59 Å². The highest BCUT2D eigenvalue weighted by molar-refractivity contribution is 5.94. The van der Waals surface area contributed by atoms with Gasteiger partial charge in [-0.05, 0) is 61.4 Å². The number of nitrogens with zero attached hydrogens (tertiary/aromatic N) is 4. The van der Waals surface area contributed by atoms with Crippen molar-refractivity contribution in [2.75, 3.05) is 26.2 Å². The second-order valence-electron chi connectivity index (χ2n) is 7.90. The molecule has 3 aromatic rings. The molecule has 2 aromatic carbocycles. The minimum absolute atomic E-state index is 0.0143. The van der Waals surface area contributed by atoms with Crippen molar-refractivity contribution in [2.45, 2.75) is 20.8 Å². The van der Waals surface area contributed by atoms with Crippen molar-refractivity contribution in [3.8, 4) is 16.9 Å². The number of piperazine rings is 1. The van der Waals surface area contributed by atoms with Crippen LogP contribution in [-0.4, -0.2) is 57.6 Å². The van der Waals surface area contributed by atoms with E-state index in [0.29, 0.717) is 43.3 Å². The molecular formula is C24H25FN4O2. The Morgan fingerprint density at radius 2 is 1.52 bits per heavy atom. The molecule has 1 fully saturated rings. The standard InChI is InChI=1S/C24H25FN4O2/c1-16-4-5-19(14-17(16)2)22-15-23(29(26-22)21-8-6-20(25)7-9-21)24(31)28-12-10-27(11-13-28)18(3)30/h4-9,14-15H,10-13H2,1-3H3. The number of benzene rings is 2. The molecule has 0 spiro atoms. The molecule has 0 N–H and O–H groups in total. The predicted molar refractivity (Wildman–Crippen MR) is 117 cm³/mol. The van der Waals surface area contributed by atoms with Crippen LogP contribution < -0.4 is 0 Å². The molecule has 1 aliphatic heterocycles. The Morgan fingerprint density at radius 3 is 2.13 bits per heavy atom. The maximum Gasteiger partial charge on any atom is 0.272 e. The summed E-state index contributed by atoms with van der Waals surface area (Å²) in [4.78, 5) is 28.5. The van der Waals surface area contributed by atoms with Gasteiger partial charge in [0.15, 0.2) is 0 Å². The lowest BCUT2D eigenvalue weighted by Crippen LogP contribution is -2.50. The second-order valence-corrected chi connectivity index (χ2v) is 7.90. The monoisotopic (exact) mass is 420 g/mol. The SMILES string of the molecule is CC(=O)N1CCN(C(=O)c2cc(-c3ccc(C)c(C)c3)nn2-c2ccc(F)cc2)CC1. The molecule has 4 rings (SSSR count). The van der Waals surface area contributed by atoms with Crippen LogP contribution in [0.2, 0.25) is 0 Å². The average Bonchev–Trinajstić information content (AvgIpc) is 3.21. The van der Waals surface area contributed by atoms with Gasteiger partial charge in [0.1, 0.15) is 11.5 Å². The van der Waals surface area contributed by atoms with Gasteiger partial charge in [-0.25, -0.2) is 9.07 Å². The zero-order chi connectivity index (χ0) is 22.1. The summed E-state index contributed by atoms with van der Waals surface area (Å²) in [6, 6.07) is 13.8. The molecule has 7 heteroatoms. The summed E-state index contributed by atoms with van der Waals surface area (Å²) in [6.07, 6.45) is 0. The number of hydrogen-bond acceptors (Lipinski definition) is 3. The van der Waals surface area contributed by atoms with Gasteiger partial charge in [0.2, 0.25) is 5.91 Å². The Kier molecular flexibility index (Phi) is 5.59. The van der Waals surface area contributed by atoms with Crippen LogP contribution in [-0.2, 0) is 4.79 Å². The van der Waals surface area contributed by atoms with Crippen LogP contribution in [0.25, 0.3) is 16.9 Å². The zero-order valence-electron chi connectivity index (χ0n) is 17.9. The van der Waals surface area contributed by atoms with E-state index in [0.717, 1.165) is 11.1 Å². The number of aryl methyl sites for hydroxylation is 2. The number of hydrogen-bond donors (Lipinski definition) is 0. The fourth-order valence-corrected chi connectivity index (χ4v) is 3.74. The smallest absolute Gasteiger partial charge is 0.272 e. The molecule has 160 valence electrons. The van der Waals surface area contributed by atoms with Crippen molar-refractivity contribution in [3.63, 3.8) is 0 Å². The summed E-state index contributed by atoms with van der Waals surface area (Å²) < 4.78 is 15.0. The quantitative estimate of drug-likeness (QED) is 0.651. The highest BCUT2D eigenvalue weighted by Crippen LogP contribution is 2.25. The maximum absolute atomic E-state index is 13.5. The van der Waals surface area contributed by atoms with E-state index in [9.17, 15) is 14.0 Å². The Balaban J connectivity index is 1.72. The van der Waals surface area contributed by atoms with E-state index < -0.39 is 0 Å². The van der Waals surface area contributed by atoms with Crippen LogP contribution >= 0.6 is 0 Å². The fraction of sp³-hybridized carbons (Fsp3) is 0.292. The molecule has 0 saturated carbocycles. The summed E-state index contributed by atoms with van der Waals surface area (Å²) >= 11 is 0. The van der Waals surface area contributed by atoms with Gasteiger partial charge in [0, 0.05) is 38.7 Å². The van der Waals surface area contributed by atoms with E-state index in [4.69, 9.17) is 5.10 Å². The molecule has 1 saturated heterocycles. The Bertz CT molecular complexity index is 1130. The molecule has 0 radical (unpaired) electrons. The van der Waals surface area contributed by atoms with Crippen LogP contribution in [0, 0.1) is 19.7 Å². The van der Waals surface area contributed by atoms with Crippen molar-refractivity contribution in [1.82, 2.24) is 19.6 Å². The zero-order valence-corrected chi connectivity index (χ0v) is 17.9. The highest BCUT2D eigenvalue weighted by Gasteiger charge is 2.27. The van der Waals surface area contributed by atoms with E-state index in [1.54, 1.807) is 32.7 Å². The number of amides is 2. The van der Waals surface area contributed by atoms with Crippen molar-refractivity contribution in [2.24, 2.45) is 0 Å². The number of carbonyl (C=O) groups excluding carboxylic acids is 2. The molecular weight excluding hydrogens is 395 g/mol. The number of rotatable bonds is 3. The second kappa shape index (κ2) is 8.34. The lowest BCUT2D eigenvalue weighted by atomic mass is 10.0. The van der Waals surface area contributed by atoms with Crippen LogP contribution in [0.1, 0.15) is 28.5 Å². The van der Waals surface area contributed by atoms with Crippen molar-refractivity contribution >= 4 is 11.8 Å². The highest BCUT2D eigenvalue weighted by atomic mass is 19.1. The first kappa shape index (κ1) is 20.8. The first-order valence-electron chi connectivity index (χ1n) is 10.3.